The van der Waals surface area contributed by atoms with Crippen LogP contribution in [-0.2, 0) is 0 Å². The Bertz CT molecular complexity index is 1060. The molecule has 122 valence electrons. The predicted molar refractivity (Wildman–Crippen MR) is 92.5 cm³/mol. The zero-order chi connectivity index (χ0) is 16.6. The molecule has 7 heteroatoms. The van der Waals surface area contributed by atoms with Gasteiger partial charge in [-0.2, -0.15) is 4.98 Å². The van der Waals surface area contributed by atoms with Crippen molar-refractivity contribution in [3.05, 3.63) is 61.1 Å². The van der Waals surface area contributed by atoms with E-state index in [2.05, 4.69) is 20.3 Å². The molecular formula is C18H13N5O2. The van der Waals surface area contributed by atoms with Gasteiger partial charge in [0.1, 0.15) is 5.82 Å². The van der Waals surface area contributed by atoms with Crippen LogP contribution >= 0.6 is 0 Å². The molecule has 0 aliphatic carbocycles. The lowest BCUT2D eigenvalue weighted by atomic mass is 10.3. The largest absolute Gasteiger partial charge is 0.454 e. The van der Waals surface area contributed by atoms with Gasteiger partial charge in [0.15, 0.2) is 17.1 Å². The third-order valence-electron chi connectivity index (χ3n) is 3.95. The predicted octanol–water partition coefficient (Wildman–Crippen LogP) is 3.29. The number of nitrogens with zero attached hydrogens (tertiary/aromatic N) is 4. The van der Waals surface area contributed by atoms with Crippen LogP contribution in [0, 0.1) is 0 Å². The first-order valence-corrected chi connectivity index (χ1v) is 7.79. The van der Waals surface area contributed by atoms with Crippen LogP contribution in [0.25, 0.3) is 16.9 Å². The highest BCUT2D eigenvalue weighted by atomic mass is 16.7. The van der Waals surface area contributed by atoms with Crippen LogP contribution in [0.5, 0.6) is 11.5 Å². The molecule has 0 fully saturated rings. The molecule has 4 heterocycles. The first-order chi connectivity index (χ1) is 12.4. The molecule has 0 saturated carbocycles. The van der Waals surface area contributed by atoms with Crippen LogP contribution in [0.2, 0.25) is 0 Å². The van der Waals surface area contributed by atoms with Crippen molar-refractivity contribution in [1.29, 1.82) is 0 Å². The molecule has 0 bridgehead atoms. The van der Waals surface area contributed by atoms with E-state index in [0.29, 0.717) is 11.7 Å². The van der Waals surface area contributed by atoms with Gasteiger partial charge in [0.05, 0.1) is 0 Å². The van der Waals surface area contributed by atoms with Crippen molar-refractivity contribution in [3.63, 3.8) is 0 Å². The zero-order valence-electron chi connectivity index (χ0n) is 13.1. The number of benzene rings is 1. The van der Waals surface area contributed by atoms with Gasteiger partial charge in [-0.3, -0.25) is 4.57 Å². The molecule has 4 aromatic rings. The molecular weight excluding hydrogens is 318 g/mol. The van der Waals surface area contributed by atoms with E-state index >= 15 is 0 Å². The molecule has 0 radical (unpaired) electrons. The molecule has 25 heavy (non-hydrogen) atoms. The number of ether oxygens (including phenoxy) is 2. The number of rotatable bonds is 3. The van der Waals surface area contributed by atoms with E-state index < -0.39 is 0 Å². The van der Waals surface area contributed by atoms with Crippen molar-refractivity contribution in [1.82, 2.24) is 19.5 Å². The Labute approximate surface area is 142 Å². The van der Waals surface area contributed by atoms with Crippen molar-refractivity contribution in [2.24, 2.45) is 0 Å². The summed E-state index contributed by atoms with van der Waals surface area (Å²) in [5.41, 5.74) is 1.62. The van der Waals surface area contributed by atoms with Gasteiger partial charge in [-0.1, -0.05) is 6.07 Å². The zero-order valence-corrected chi connectivity index (χ0v) is 13.1. The van der Waals surface area contributed by atoms with E-state index in [1.54, 1.807) is 12.4 Å². The molecule has 0 atom stereocenters. The highest BCUT2D eigenvalue weighted by Gasteiger charge is 2.14. The summed E-state index contributed by atoms with van der Waals surface area (Å²) in [7, 11) is 0. The van der Waals surface area contributed by atoms with Crippen molar-refractivity contribution >= 4 is 22.7 Å². The fourth-order valence-electron chi connectivity index (χ4n) is 2.76. The molecule has 7 nitrogen and oxygen atoms in total. The van der Waals surface area contributed by atoms with Gasteiger partial charge >= 0.3 is 0 Å². The van der Waals surface area contributed by atoms with Gasteiger partial charge in [0, 0.05) is 35.7 Å². The van der Waals surface area contributed by atoms with Gasteiger partial charge in [-0.15, -0.1) is 0 Å². The number of aromatic nitrogens is 4. The van der Waals surface area contributed by atoms with E-state index in [0.717, 1.165) is 28.3 Å². The van der Waals surface area contributed by atoms with E-state index in [4.69, 9.17) is 9.47 Å². The van der Waals surface area contributed by atoms with Crippen molar-refractivity contribution in [2.45, 2.75) is 0 Å². The molecule has 1 N–H and O–H groups in total. The molecule has 3 aromatic heterocycles. The van der Waals surface area contributed by atoms with Crippen LogP contribution in [0.4, 0.5) is 11.6 Å². The Hall–Kier alpha value is -3.61. The number of hydrogen-bond acceptors (Lipinski definition) is 6. The molecule has 1 aliphatic rings. The summed E-state index contributed by atoms with van der Waals surface area (Å²) in [5, 5.41) is 4.15. The molecule has 0 spiro atoms. The first-order valence-electron chi connectivity index (χ1n) is 7.79. The number of fused-ring (bicyclic) bond motifs is 2. The summed E-state index contributed by atoms with van der Waals surface area (Å²) in [4.78, 5) is 13.4. The third kappa shape index (κ3) is 2.42. The van der Waals surface area contributed by atoms with Gasteiger partial charge < -0.3 is 14.8 Å². The van der Waals surface area contributed by atoms with Crippen LogP contribution in [0.3, 0.4) is 0 Å². The molecule has 1 aliphatic heterocycles. The quantitative estimate of drug-likeness (QED) is 0.621. The Morgan fingerprint density at radius 3 is 2.88 bits per heavy atom. The lowest BCUT2D eigenvalue weighted by Gasteiger charge is -2.07. The molecule has 0 amide bonds. The molecule has 0 saturated heterocycles. The van der Waals surface area contributed by atoms with Gasteiger partial charge in [0.25, 0.3) is 0 Å². The Morgan fingerprint density at radius 1 is 1.00 bits per heavy atom. The monoisotopic (exact) mass is 331 g/mol. The van der Waals surface area contributed by atoms with Crippen LogP contribution < -0.4 is 14.8 Å². The Balaban J connectivity index is 1.52. The van der Waals surface area contributed by atoms with E-state index in [9.17, 15) is 0 Å². The highest BCUT2D eigenvalue weighted by Crippen LogP contribution is 2.34. The summed E-state index contributed by atoms with van der Waals surface area (Å²) < 4.78 is 12.7. The smallest absolute Gasteiger partial charge is 0.231 e. The SMILES string of the molecule is c1ccc(-n2ccc3cnc(Nc4ccc5c(c4)OCO5)nc32)nc1. The summed E-state index contributed by atoms with van der Waals surface area (Å²) in [6, 6.07) is 13.4. The standard InChI is InChI=1S/C18H13N5O2/c1-2-7-19-16(3-1)23-8-6-12-10-20-18(22-17(12)23)21-13-4-5-14-15(9-13)25-11-24-14/h1-10H,11H2,(H,20,21,22). The maximum absolute atomic E-state index is 5.40. The van der Waals surface area contributed by atoms with Gasteiger partial charge in [-0.05, 0) is 30.3 Å². The van der Waals surface area contributed by atoms with Gasteiger partial charge in [-0.25, -0.2) is 9.97 Å². The number of anilines is 2. The topological polar surface area (TPSA) is 74.1 Å². The fourth-order valence-corrected chi connectivity index (χ4v) is 2.76. The average molecular weight is 331 g/mol. The maximum atomic E-state index is 5.40. The summed E-state index contributed by atoms with van der Waals surface area (Å²) >= 11 is 0. The minimum Gasteiger partial charge on any atom is -0.454 e. The number of nitrogens with one attached hydrogen (secondary N) is 1. The Morgan fingerprint density at radius 2 is 1.96 bits per heavy atom. The minimum absolute atomic E-state index is 0.249. The molecule has 5 rings (SSSR count). The van der Waals surface area contributed by atoms with Crippen LogP contribution in [0.15, 0.2) is 61.1 Å². The second-order valence-corrected chi connectivity index (χ2v) is 5.54. The highest BCUT2D eigenvalue weighted by molar-refractivity contribution is 5.78. The van der Waals surface area contributed by atoms with Crippen molar-refractivity contribution in [3.8, 4) is 17.3 Å². The second-order valence-electron chi connectivity index (χ2n) is 5.54. The number of hydrogen-bond donors (Lipinski definition) is 1. The Kier molecular flexibility index (Phi) is 3.03. The lowest BCUT2D eigenvalue weighted by molar-refractivity contribution is 0.174. The maximum Gasteiger partial charge on any atom is 0.231 e. The summed E-state index contributed by atoms with van der Waals surface area (Å²) in [5.74, 6) is 2.77. The van der Waals surface area contributed by atoms with E-state index in [1.165, 1.54) is 0 Å². The summed E-state index contributed by atoms with van der Waals surface area (Å²) in [6.45, 7) is 0.249. The van der Waals surface area contributed by atoms with E-state index in [1.807, 2.05) is 53.2 Å². The lowest BCUT2D eigenvalue weighted by Crippen LogP contribution is -2.00. The van der Waals surface area contributed by atoms with Crippen molar-refractivity contribution < 1.29 is 9.47 Å². The van der Waals surface area contributed by atoms with E-state index in [-0.39, 0.29) is 6.79 Å². The third-order valence-corrected chi connectivity index (χ3v) is 3.95. The molecule has 1 aromatic carbocycles. The van der Waals surface area contributed by atoms with Crippen LogP contribution in [-0.4, -0.2) is 26.3 Å². The van der Waals surface area contributed by atoms with Gasteiger partial charge in [0.2, 0.25) is 12.7 Å². The van der Waals surface area contributed by atoms with Crippen LogP contribution in [0.1, 0.15) is 0 Å². The summed E-state index contributed by atoms with van der Waals surface area (Å²) in [6.07, 6.45) is 5.48. The molecule has 0 unspecified atom stereocenters. The fraction of sp³-hybridized carbons (Fsp3) is 0.0556. The average Bonchev–Trinajstić information content (AvgIpc) is 3.28. The minimum atomic E-state index is 0.249. The normalized spacial score (nSPS) is 12.5. The first kappa shape index (κ1) is 13.8. The van der Waals surface area contributed by atoms with Crippen molar-refractivity contribution in [2.75, 3.05) is 12.1 Å². The second kappa shape index (κ2) is 5.48. The number of pyridine rings is 1.